The third-order valence-corrected chi connectivity index (χ3v) is 8.38. The van der Waals surface area contributed by atoms with Crippen molar-refractivity contribution in [1.29, 1.82) is 0 Å². The summed E-state index contributed by atoms with van der Waals surface area (Å²) in [4.78, 5) is 27.6. The second kappa shape index (κ2) is 10.1. The van der Waals surface area contributed by atoms with Gasteiger partial charge in [-0.15, -0.1) is 0 Å². The number of aryl methyl sites for hydroxylation is 1. The molecule has 0 spiro atoms. The van der Waals surface area contributed by atoms with Gasteiger partial charge >= 0.3 is 0 Å². The summed E-state index contributed by atoms with van der Waals surface area (Å²) in [7, 11) is -3.70. The Morgan fingerprint density at radius 2 is 1.62 bits per heavy atom. The van der Waals surface area contributed by atoms with Crippen molar-refractivity contribution in [3.63, 3.8) is 0 Å². The molecule has 0 saturated carbocycles. The predicted octanol–water partition coefficient (Wildman–Crippen LogP) is 4.41. The van der Waals surface area contributed by atoms with Gasteiger partial charge in [-0.05, 0) is 38.0 Å². The molecule has 3 rings (SSSR count). The van der Waals surface area contributed by atoms with E-state index in [-0.39, 0.29) is 33.1 Å². The number of nitrogens with zero attached hydrogens (tertiary/aromatic N) is 2. The summed E-state index contributed by atoms with van der Waals surface area (Å²) in [6, 6.07) is 11.8. The van der Waals surface area contributed by atoms with Gasteiger partial charge in [0.2, 0.25) is 10.0 Å². The zero-order valence-corrected chi connectivity index (χ0v) is 20.2. The summed E-state index contributed by atoms with van der Waals surface area (Å²) in [5.74, 6) is -0.345. The maximum atomic E-state index is 13.1. The Balaban J connectivity index is 1.74. The highest BCUT2D eigenvalue weighted by Crippen LogP contribution is 2.27. The van der Waals surface area contributed by atoms with Crippen LogP contribution in [-0.2, 0) is 10.0 Å². The molecule has 0 radical (unpaired) electrons. The molecule has 32 heavy (non-hydrogen) atoms. The van der Waals surface area contributed by atoms with Crippen molar-refractivity contribution < 1.29 is 18.0 Å². The maximum Gasteiger partial charge on any atom is 0.255 e. The van der Waals surface area contributed by atoms with Crippen LogP contribution in [0, 0.1) is 12.8 Å². The van der Waals surface area contributed by atoms with Crippen LogP contribution in [0.5, 0.6) is 0 Å². The largest absolute Gasteiger partial charge is 0.339 e. The second-order valence-corrected chi connectivity index (χ2v) is 10.4. The third kappa shape index (κ3) is 5.05. The molecule has 1 aliphatic rings. The zero-order chi connectivity index (χ0) is 23.5. The number of halogens is 1. The minimum atomic E-state index is -3.70. The molecule has 1 aliphatic heterocycles. The molecule has 1 fully saturated rings. The monoisotopic (exact) mass is 476 g/mol. The smallest absolute Gasteiger partial charge is 0.255 e. The summed E-state index contributed by atoms with van der Waals surface area (Å²) < 4.78 is 27.0. The summed E-state index contributed by atoms with van der Waals surface area (Å²) in [6.45, 7) is 7.04. The van der Waals surface area contributed by atoms with Gasteiger partial charge in [0.15, 0.2) is 5.78 Å². The highest BCUT2D eigenvalue weighted by molar-refractivity contribution is 7.89. The van der Waals surface area contributed by atoms with Crippen LogP contribution in [0.15, 0.2) is 47.4 Å². The number of hydrogen-bond donors (Lipinski definition) is 0. The molecule has 172 valence electrons. The molecule has 0 bridgehead atoms. The number of rotatable bonds is 7. The van der Waals surface area contributed by atoms with Gasteiger partial charge in [0, 0.05) is 37.7 Å². The van der Waals surface area contributed by atoms with E-state index in [1.807, 2.05) is 31.2 Å². The third-order valence-electron chi connectivity index (χ3n) is 6.00. The summed E-state index contributed by atoms with van der Waals surface area (Å²) in [5, 5.41) is 0.214. The number of carbonyl (C=O) groups excluding carboxylic acids is 2. The van der Waals surface area contributed by atoms with E-state index in [2.05, 4.69) is 0 Å². The van der Waals surface area contributed by atoms with Gasteiger partial charge in [-0.2, -0.15) is 4.31 Å². The summed E-state index contributed by atoms with van der Waals surface area (Å²) >= 11 is 6.27. The molecule has 0 aliphatic carbocycles. The van der Waals surface area contributed by atoms with Crippen molar-refractivity contribution in [2.45, 2.75) is 38.5 Å². The number of Topliss-reactive ketones (excluding diaryl/α,β-unsaturated/α-hetero) is 1. The number of hydrogen-bond acceptors (Lipinski definition) is 4. The van der Waals surface area contributed by atoms with Crippen LogP contribution in [0.3, 0.4) is 0 Å². The fourth-order valence-electron chi connectivity index (χ4n) is 4.01. The van der Waals surface area contributed by atoms with E-state index in [0.717, 1.165) is 5.56 Å². The van der Waals surface area contributed by atoms with Crippen LogP contribution in [0.2, 0.25) is 5.02 Å². The number of sulfonamides is 1. The number of ketones is 1. The van der Waals surface area contributed by atoms with Crippen molar-refractivity contribution in [1.82, 2.24) is 9.21 Å². The molecule has 1 amide bonds. The highest BCUT2D eigenvalue weighted by Gasteiger charge is 2.30. The Labute approximate surface area is 195 Å². The van der Waals surface area contributed by atoms with Gasteiger partial charge in [0.25, 0.3) is 5.91 Å². The van der Waals surface area contributed by atoms with E-state index < -0.39 is 10.0 Å². The van der Waals surface area contributed by atoms with Crippen LogP contribution in [0.1, 0.15) is 53.0 Å². The number of carbonyl (C=O) groups is 2. The molecule has 0 aromatic heterocycles. The topological polar surface area (TPSA) is 74.8 Å². The Kier molecular flexibility index (Phi) is 7.75. The number of piperidine rings is 1. The van der Waals surface area contributed by atoms with Crippen molar-refractivity contribution in [2.24, 2.45) is 5.92 Å². The molecule has 1 heterocycles. The molecule has 0 unspecified atom stereocenters. The highest BCUT2D eigenvalue weighted by atomic mass is 35.5. The van der Waals surface area contributed by atoms with E-state index in [1.54, 1.807) is 18.7 Å². The number of benzene rings is 2. The average Bonchev–Trinajstić information content (AvgIpc) is 2.79. The molecule has 1 saturated heterocycles. The van der Waals surface area contributed by atoms with Crippen LogP contribution >= 0.6 is 11.6 Å². The van der Waals surface area contributed by atoms with Gasteiger partial charge in [0.1, 0.15) is 0 Å². The molecule has 0 atom stereocenters. The van der Waals surface area contributed by atoms with E-state index in [9.17, 15) is 18.0 Å². The first-order chi connectivity index (χ1) is 15.2. The lowest BCUT2D eigenvalue weighted by molar-refractivity contribution is 0.0650. The predicted molar refractivity (Wildman–Crippen MR) is 126 cm³/mol. The summed E-state index contributed by atoms with van der Waals surface area (Å²) in [5.41, 5.74) is 1.96. The average molecular weight is 477 g/mol. The van der Waals surface area contributed by atoms with Gasteiger partial charge < -0.3 is 4.90 Å². The van der Waals surface area contributed by atoms with Gasteiger partial charge in [-0.1, -0.05) is 55.3 Å². The lowest BCUT2D eigenvalue weighted by Gasteiger charge is -2.31. The maximum absolute atomic E-state index is 13.1. The Bertz CT molecular complexity index is 1090. The normalized spacial score (nSPS) is 15.2. The first kappa shape index (κ1) is 24.4. The standard InChI is InChI=1S/C24H29ClN2O4S/c1-4-27(5-2)32(30,31)20-10-11-22(25)21(16-20)24(29)26-14-12-19(13-15-26)23(28)18-8-6-17(3)7-9-18/h6-11,16,19H,4-5,12-15H2,1-3H3. The fourth-order valence-corrected chi connectivity index (χ4v) is 5.69. The molecular weight excluding hydrogens is 448 g/mol. The van der Waals surface area contributed by atoms with Gasteiger partial charge in [-0.3, -0.25) is 9.59 Å². The number of likely N-dealkylation sites (tertiary alicyclic amines) is 1. The van der Waals surface area contributed by atoms with Crippen molar-refractivity contribution >= 4 is 33.3 Å². The molecule has 2 aromatic carbocycles. The van der Waals surface area contributed by atoms with Crippen molar-refractivity contribution in [3.8, 4) is 0 Å². The van der Waals surface area contributed by atoms with Crippen LogP contribution in [0.25, 0.3) is 0 Å². The van der Waals surface area contributed by atoms with E-state index in [4.69, 9.17) is 11.6 Å². The lowest BCUT2D eigenvalue weighted by atomic mass is 9.88. The SMILES string of the molecule is CCN(CC)S(=O)(=O)c1ccc(Cl)c(C(=O)N2CCC(C(=O)c3ccc(C)cc3)CC2)c1. The fraction of sp³-hybridized carbons (Fsp3) is 0.417. The van der Waals surface area contributed by atoms with E-state index in [0.29, 0.717) is 44.6 Å². The first-order valence-corrected chi connectivity index (χ1v) is 12.7. The quantitative estimate of drug-likeness (QED) is 0.554. The minimum absolute atomic E-state index is 0.0541. The molecule has 8 heteroatoms. The minimum Gasteiger partial charge on any atom is -0.339 e. The van der Waals surface area contributed by atoms with Crippen LogP contribution < -0.4 is 0 Å². The zero-order valence-electron chi connectivity index (χ0n) is 18.7. The van der Waals surface area contributed by atoms with Crippen LogP contribution in [0.4, 0.5) is 0 Å². The Morgan fingerprint density at radius 3 is 2.19 bits per heavy atom. The van der Waals surface area contributed by atoms with Crippen molar-refractivity contribution in [2.75, 3.05) is 26.2 Å². The number of amides is 1. The lowest BCUT2D eigenvalue weighted by Crippen LogP contribution is -2.40. The molecular formula is C24H29ClN2O4S. The van der Waals surface area contributed by atoms with Gasteiger partial charge in [0.05, 0.1) is 15.5 Å². The van der Waals surface area contributed by atoms with Gasteiger partial charge in [-0.25, -0.2) is 8.42 Å². The Hall–Kier alpha value is -2.22. The molecule has 2 aromatic rings. The van der Waals surface area contributed by atoms with E-state index >= 15 is 0 Å². The Morgan fingerprint density at radius 1 is 1.03 bits per heavy atom. The first-order valence-electron chi connectivity index (χ1n) is 10.9. The summed E-state index contributed by atoms with van der Waals surface area (Å²) in [6.07, 6.45) is 1.13. The van der Waals surface area contributed by atoms with Crippen LogP contribution in [-0.4, -0.2) is 55.5 Å². The van der Waals surface area contributed by atoms with Crippen molar-refractivity contribution in [3.05, 3.63) is 64.2 Å². The van der Waals surface area contributed by atoms with E-state index in [1.165, 1.54) is 22.5 Å². The molecule has 0 N–H and O–H groups in total. The molecule has 6 nitrogen and oxygen atoms in total. The second-order valence-electron chi connectivity index (χ2n) is 8.03.